The Kier molecular flexibility index (Phi) is 3.28. The Hall–Kier alpha value is -1.62. The van der Waals surface area contributed by atoms with Gasteiger partial charge in [0.05, 0.1) is 4.92 Å². The number of carbonyl (C=O) groups excluding carboxylic acids is 1. The molecule has 0 N–H and O–H groups in total. The van der Waals surface area contributed by atoms with Gasteiger partial charge in [0, 0.05) is 24.4 Å². The van der Waals surface area contributed by atoms with Crippen molar-refractivity contribution in [3.05, 3.63) is 34.4 Å². The van der Waals surface area contributed by atoms with Crippen LogP contribution in [-0.4, -0.2) is 22.8 Å². The molecule has 1 amide bonds. The van der Waals surface area contributed by atoms with Gasteiger partial charge in [-0.1, -0.05) is 0 Å². The molecule has 0 aliphatic carbocycles. The molecule has 1 saturated heterocycles. The van der Waals surface area contributed by atoms with Crippen LogP contribution < -0.4 is 4.90 Å². The SMILES string of the molecule is O=C1C(Cl)CCCN1c1ccc([N+](=O)[O-])cc1. The van der Waals surface area contributed by atoms with Crippen molar-refractivity contribution < 1.29 is 9.72 Å². The van der Waals surface area contributed by atoms with Gasteiger partial charge in [-0.25, -0.2) is 0 Å². The van der Waals surface area contributed by atoms with Gasteiger partial charge in [-0.15, -0.1) is 11.6 Å². The van der Waals surface area contributed by atoms with Crippen LogP contribution in [0.3, 0.4) is 0 Å². The quantitative estimate of drug-likeness (QED) is 0.462. The Bertz CT molecular complexity index is 447. The molecule has 1 aliphatic rings. The van der Waals surface area contributed by atoms with Crippen molar-refractivity contribution in [1.29, 1.82) is 0 Å². The fourth-order valence-electron chi connectivity index (χ4n) is 1.84. The molecule has 0 aromatic heterocycles. The van der Waals surface area contributed by atoms with Gasteiger partial charge in [0.1, 0.15) is 5.38 Å². The number of rotatable bonds is 2. The number of amides is 1. The highest BCUT2D eigenvalue weighted by atomic mass is 35.5. The number of piperidine rings is 1. The summed E-state index contributed by atoms with van der Waals surface area (Å²) < 4.78 is 0. The van der Waals surface area contributed by atoms with Gasteiger partial charge in [0.15, 0.2) is 0 Å². The fraction of sp³-hybridized carbons (Fsp3) is 0.364. The molecule has 90 valence electrons. The molecule has 6 heteroatoms. The average molecular weight is 255 g/mol. The van der Waals surface area contributed by atoms with E-state index in [1.165, 1.54) is 12.1 Å². The Morgan fingerprint density at radius 1 is 1.35 bits per heavy atom. The van der Waals surface area contributed by atoms with Gasteiger partial charge >= 0.3 is 0 Å². The lowest BCUT2D eigenvalue weighted by Crippen LogP contribution is -2.41. The van der Waals surface area contributed by atoms with Crippen molar-refractivity contribution in [2.75, 3.05) is 11.4 Å². The topological polar surface area (TPSA) is 63.5 Å². The maximum absolute atomic E-state index is 11.8. The first-order valence-electron chi connectivity index (χ1n) is 5.29. The van der Waals surface area contributed by atoms with Crippen LogP contribution in [-0.2, 0) is 4.79 Å². The number of non-ortho nitro benzene ring substituents is 1. The standard InChI is InChI=1S/C11H11ClN2O3/c12-10-2-1-7-13(11(10)15)8-3-5-9(6-4-8)14(16)17/h3-6,10H,1-2,7H2. The maximum Gasteiger partial charge on any atom is 0.269 e. The van der Waals surface area contributed by atoms with E-state index in [4.69, 9.17) is 11.6 Å². The van der Waals surface area contributed by atoms with Gasteiger partial charge in [0.25, 0.3) is 5.69 Å². The predicted octanol–water partition coefficient (Wildman–Crippen LogP) is 2.33. The first kappa shape index (κ1) is 11.9. The Labute approximate surface area is 103 Å². The fourth-order valence-corrected chi connectivity index (χ4v) is 2.11. The molecule has 0 saturated carbocycles. The summed E-state index contributed by atoms with van der Waals surface area (Å²) in [4.78, 5) is 23.4. The van der Waals surface area contributed by atoms with E-state index < -0.39 is 10.3 Å². The van der Waals surface area contributed by atoms with Crippen LogP contribution in [0.15, 0.2) is 24.3 Å². The monoisotopic (exact) mass is 254 g/mol. The zero-order valence-electron chi connectivity index (χ0n) is 9.01. The summed E-state index contributed by atoms with van der Waals surface area (Å²) in [5.74, 6) is -0.133. The van der Waals surface area contributed by atoms with Crippen LogP contribution in [0.4, 0.5) is 11.4 Å². The Balaban J connectivity index is 2.22. The smallest absolute Gasteiger partial charge is 0.269 e. The molecule has 1 aromatic rings. The molecule has 1 fully saturated rings. The first-order chi connectivity index (χ1) is 8.09. The van der Waals surface area contributed by atoms with Crippen molar-refractivity contribution >= 4 is 28.9 Å². The third kappa shape index (κ3) is 2.39. The number of alkyl halides is 1. The number of carbonyl (C=O) groups is 1. The third-order valence-corrected chi connectivity index (χ3v) is 3.15. The minimum atomic E-state index is -0.487. The molecule has 1 unspecified atom stereocenters. The summed E-state index contributed by atoms with van der Waals surface area (Å²) >= 11 is 5.89. The zero-order valence-corrected chi connectivity index (χ0v) is 9.76. The van der Waals surface area contributed by atoms with Crippen molar-refractivity contribution in [3.8, 4) is 0 Å². The van der Waals surface area contributed by atoms with E-state index in [-0.39, 0.29) is 11.6 Å². The highest BCUT2D eigenvalue weighted by Crippen LogP contribution is 2.25. The minimum absolute atomic E-state index is 0.0145. The average Bonchev–Trinajstić information content (AvgIpc) is 2.33. The van der Waals surface area contributed by atoms with E-state index in [0.29, 0.717) is 18.7 Å². The first-order valence-corrected chi connectivity index (χ1v) is 5.73. The summed E-state index contributed by atoms with van der Waals surface area (Å²) in [5, 5.41) is 10.0. The van der Waals surface area contributed by atoms with Crippen LogP contribution in [0.5, 0.6) is 0 Å². The molecule has 1 atom stereocenters. The molecular weight excluding hydrogens is 244 g/mol. The van der Waals surface area contributed by atoms with Crippen molar-refractivity contribution in [2.45, 2.75) is 18.2 Å². The zero-order chi connectivity index (χ0) is 12.4. The van der Waals surface area contributed by atoms with Gasteiger partial charge in [0.2, 0.25) is 5.91 Å². The molecule has 5 nitrogen and oxygen atoms in total. The van der Waals surface area contributed by atoms with Gasteiger partial charge < -0.3 is 4.90 Å². The molecule has 17 heavy (non-hydrogen) atoms. The van der Waals surface area contributed by atoms with Gasteiger partial charge in [-0.2, -0.15) is 0 Å². The van der Waals surface area contributed by atoms with E-state index in [9.17, 15) is 14.9 Å². The second kappa shape index (κ2) is 4.71. The van der Waals surface area contributed by atoms with E-state index in [0.717, 1.165) is 6.42 Å². The molecule has 2 rings (SSSR count). The van der Waals surface area contributed by atoms with Crippen LogP contribution in [0.1, 0.15) is 12.8 Å². The molecule has 0 radical (unpaired) electrons. The van der Waals surface area contributed by atoms with Crippen LogP contribution in [0.2, 0.25) is 0 Å². The number of anilines is 1. The highest BCUT2D eigenvalue weighted by Gasteiger charge is 2.27. The summed E-state index contributed by atoms with van der Waals surface area (Å²) in [6.45, 7) is 0.611. The number of hydrogen-bond donors (Lipinski definition) is 0. The Morgan fingerprint density at radius 2 is 2.00 bits per heavy atom. The number of nitrogens with zero attached hydrogens (tertiary/aromatic N) is 2. The van der Waals surface area contributed by atoms with E-state index in [2.05, 4.69) is 0 Å². The van der Waals surface area contributed by atoms with Crippen molar-refractivity contribution in [1.82, 2.24) is 0 Å². The Morgan fingerprint density at radius 3 is 2.59 bits per heavy atom. The summed E-state index contributed by atoms with van der Waals surface area (Å²) in [5.41, 5.74) is 0.673. The summed E-state index contributed by atoms with van der Waals surface area (Å²) in [6, 6.07) is 5.93. The van der Waals surface area contributed by atoms with Crippen LogP contribution in [0, 0.1) is 10.1 Å². The maximum atomic E-state index is 11.8. The number of benzene rings is 1. The van der Waals surface area contributed by atoms with E-state index in [1.54, 1.807) is 17.0 Å². The number of nitro benzene ring substituents is 1. The largest absolute Gasteiger partial charge is 0.311 e. The molecule has 1 aliphatic heterocycles. The lowest BCUT2D eigenvalue weighted by molar-refractivity contribution is -0.384. The van der Waals surface area contributed by atoms with Gasteiger partial charge in [-0.3, -0.25) is 14.9 Å². The van der Waals surface area contributed by atoms with E-state index >= 15 is 0 Å². The molecule has 1 aromatic carbocycles. The minimum Gasteiger partial charge on any atom is -0.311 e. The number of nitro groups is 1. The van der Waals surface area contributed by atoms with Crippen LogP contribution >= 0.6 is 11.6 Å². The highest BCUT2D eigenvalue weighted by molar-refractivity contribution is 6.33. The number of halogens is 1. The molecule has 1 heterocycles. The predicted molar refractivity (Wildman–Crippen MR) is 64.3 cm³/mol. The van der Waals surface area contributed by atoms with Crippen molar-refractivity contribution in [2.24, 2.45) is 0 Å². The molecule has 0 spiro atoms. The lowest BCUT2D eigenvalue weighted by atomic mass is 10.1. The van der Waals surface area contributed by atoms with E-state index in [1.807, 2.05) is 0 Å². The van der Waals surface area contributed by atoms with Gasteiger partial charge in [-0.05, 0) is 25.0 Å². The third-order valence-electron chi connectivity index (χ3n) is 2.75. The lowest BCUT2D eigenvalue weighted by Gasteiger charge is -2.29. The normalized spacial score (nSPS) is 20.4. The summed E-state index contributed by atoms with van der Waals surface area (Å²) in [6.07, 6.45) is 1.53. The second-order valence-corrected chi connectivity index (χ2v) is 4.40. The molecular formula is C11H11ClN2O3. The summed E-state index contributed by atoms with van der Waals surface area (Å²) in [7, 11) is 0. The number of hydrogen-bond acceptors (Lipinski definition) is 3. The van der Waals surface area contributed by atoms with Crippen molar-refractivity contribution in [3.63, 3.8) is 0 Å². The van der Waals surface area contributed by atoms with Crippen LogP contribution in [0.25, 0.3) is 0 Å². The second-order valence-electron chi connectivity index (χ2n) is 3.87. The molecule has 0 bridgehead atoms.